The fraction of sp³-hybridized carbons (Fsp3) is 0.520. The molecule has 1 saturated carbocycles. The van der Waals surface area contributed by atoms with Crippen LogP contribution < -0.4 is 5.62 Å². The zero-order valence-electron chi connectivity index (χ0n) is 22.3. The fourth-order valence-electron chi connectivity index (χ4n) is 3.54. The average molecular weight is 577 g/mol. The number of alkyl halides is 5. The van der Waals surface area contributed by atoms with E-state index < -0.39 is 23.4 Å². The van der Waals surface area contributed by atoms with Crippen LogP contribution in [-0.4, -0.2) is 89.0 Å². The monoisotopic (exact) mass is 576 g/mol. The molecule has 0 spiro atoms. The first-order chi connectivity index (χ1) is 18.3. The summed E-state index contributed by atoms with van der Waals surface area (Å²) in [6.45, 7) is 9.55. The van der Waals surface area contributed by atoms with Gasteiger partial charge in [-0.3, -0.25) is 9.69 Å². The summed E-state index contributed by atoms with van der Waals surface area (Å²) in [7, 11) is 0. The Balaban J connectivity index is 0.000000577. The number of aromatic hydroxyl groups is 1. The first kappa shape index (κ1) is 32.2. The number of hydrogen-bond donors (Lipinski definition) is 1. The Hall–Kier alpha value is -3.00. The van der Waals surface area contributed by atoms with Crippen LogP contribution in [0.5, 0.6) is 5.75 Å². The zero-order valence-corrected chi connectivity index (χ0v) is 23.1. The number of phenolic OH excluding ortho intramolecular Hbond substituents is 1. The van der Waals surface area contributed by atoms with E-state index in [1.807, 2.05) is 17.4 Å². The summed E-state index contributed by atoms with van der Waals surface area (Å²) in [6, 6.07) is 3.27. The first-order valence-corrected chi connectivity index (χ1v) is 13.6. The molecule has 0 atom stereocenters. The maximum absolute atomic E-state index is 13.0. The van der Waals surface area contributed by atoms with Gasteiger partial charge in [-0.15, -0.1) is 0 Å². The van der Waals surface area contributed by atoms with Crippen LogP contribution in [-0.2, 0) is 11.0 Å². The van der Waals surface area contributed by atoms with Crippen molar-refractivity contribution >= 4 is 24.9 Å². The molecule has 1 N–H and O–H groups in total. The van der Waals surface area contributed by atoms with E-state index in [4.69, 9.17) is 0 Å². The Bertz CT molecular complexity index is 1180. The molecule has 216 valence electrons. The Morgan fingerprint density at radius 3 is 2.13 bits per heavy atom. The minimum absolute atomic E-state index is 0.118. The minimum Gasteiger partial charge on any atom is -0.507 e. The lowest BCUT2D eigenvalue weighted by molar-refractivity contribution is -0.137. The molecule has 0 bridgehead atoms. The van der Waals surface area contributed by atoms with Crippen LogP contribution in [0, 0.1) is 13.8 Å². The second kappa shape index (κ2) is 13.9. The van der Waals surface area contributed by atoms with Gasteiger partial charge in [0.25, 0.3) is 0 Å². The molecular formula is C25H33F5N6O2S. The van der Waals surface area contributed by atoms with Crippen molar-refractivity contribution in [2.75, 3.05) is 45.4 Å². The predicted octanol–water partition coefficient (Wildman–Crippen LogP) is 4.38. The molecule has 0 unspecified atom stereocenters. The van der Waals surface area contributed by atoms with Crippen LogP contribution in [0.25, 0.3) is 11.3 Å². The fourth-order valence-corrected chi connectivity index (χ4v) is 3.54. The predicted molar refractivity (Wildman–Crippen MR) is 142 cm³/mol. The molecule has 1 saturated heterocycles. The third kappa shape index (κ3) is 9.60. The lowest BCUT2D eigenvalue weighted by Crippen LogP contribution is -2.46. The number of thioether (sulfide) groups is 1. The topological polar surface area (TPSA) is 86.3 Å². The number of carbonyl (C=O) groups excluding carboxylic acids is 1. The highest BCUT2D eigenvalue weighted by molar-refractivity contribution is 7.97. The van der Waals surface area contributed by atoms with E-state index in [1.165, 1.54) is 11.6 Å². The normalized spacial score (nSPS) is 16.9. The summed E-state index contributed by atoms with van der Waals surface area (Å²) in [5.41, 5.74) is 0.597. The number of carbonyl (C=O) groups is 1. The van der Waals surface area contributed by atoms with E-state index in [9.17, 15) is 31.9 Å². The number of rotatable bonds is 5. The van der Waals surface area contributed by atoms with Gasteiger partial charge in [0.15, 0.2) is 0 Å². The van der Waals surface area contributed by atoms with Crippen LogP contribution in [0.2, 0.25) is 0 Å². The lowest BCUT2D eigenvalue weighted by atomic mass is 10.00. The summed E-state index contributed by atoms with van der Waals surface area (Å²) in [6.07, 6.45) is 0.572. The number of aromatic nitrogens is 2. The number of aryl methyl sites for hydroxylation is 2. The molecule has 4 rings (SSSR count). The molecule has 14 heteroatoms. The van der Waals surface area contributed by atoms with Gasteiger partial charge >= 0.3 is 6.18 Å². The maximum Gasteiger partial charge on any atom is 0.416 e. The van der Waals surface area contributed by atoms with Crippen molar-refractivity contribution in [2.24, 2.45) is 10.1 Å². The van der Waals surface area contributed by atoms with Gasteiger partial charge in [0.2, 0.25) is 18.0 Å². The molecular weight excluding hydrogens is 543 g/mol. The molecule has 1 aliphatic heterocycles. The molecule has 2 heterocycles. The minimum atomic E-state index is -4.56. The molecule has 1 aromatic carbocycles. The molecule has 1 aliphatic carbocycles. The van der Waals surface area contributed by atoms with Gasteiger partial charge < -0.3 is 10.0 Å². The number of nitrogens with zero attached hydrogens (tertiary/aromatic N) is 6. The Morgan fingerprint density at radius 2 is 1.69 bits per heavy atom. The van der Waals surface area contributed by atoms with Crippen molar-refractivity contribution in [3.63, 3.8) is 0 Å². The molecule has 2 fully saturated rings. The molecule has 8 nitrogen and oxygen atoms in total. The Morgan fingerprint density at radius 1 is 1.13 bits per heavy atom. The first-order valence-electron chi connectivity index (χ1n) is 11.9. The van der Waals surface area contributed by atoms with Crippen LogP contribution in [0.1, 0.15) is 29.7 Å². The number of amides is 1. The highest BCUT2D eigenvalue weighted by atomic mass is 32.2. The van der Waals surface area contributed by atoms with E-state index in [0.29, 0.717) is 44.6 Å². The Labute approximate surface area is 228 Å². The number of piperazine rings is 1. The quantitative estimate of drug-likeness (QED) is 0.325. The highest BCUT2D eigenvalue weighted by Crippen LogP contribution is 2.40. The summed E-state index contributed by atoms with van der Waals surface area (Å²) in [4.78, 5) is 23.5. The van der Waals surface area contributed by atoms with Gasteiger partial charge in [0.1, 0.15) is 5.75 Å². The molecule has 2 aromatic rings. The largest absolute Gasteiger partial charge is 0.507 e. The van der Waals surface area contributed by atoms with Crippen LogP contribution in [0.15, 0.2) is 28.3 Å². The highest BCUT2D eigenvalue weighted by Gasteiger charge is 2.43. The van der Waals surface area contributed by atoms with Crippen LogP contribution in [0.3, 0.4) is 0 Å². The van der Waals surface area contributed by atoms with E-state index >= 15 is 0 Å². The summed E-state index contributed by atoms with van der Waals surface area (Å²) >= 11 is 1.75. The summed E-state index contributed by atoms with van der Waals surface area (Å²) < 4.78 is 62.8. The van der Waals surface area contributed by atoms with E-state index in [2.05, 4.69) is 21.8 Å². The smallest absolute Gasteiger partial charge is 0.416 e. The Kier molecular flexibility index (Phi) is 11.5. The van der Waals surface area contributed by atoms with Gasteiger partial charge in [-0.1, -0.05) is 0 Å². The second-order valence-corrected chi connectivity index (χ2v) is 9.86. The second-order valence-electron chi connectivity index (χ2n) is 9.04. The molecule has 0 radical (unpaired) electrons. The molecule has 2 aliphatic rings. The van der Waals surface area contributed by atoms with Crippen molar-refractivity contribution in [2.45, 2.75) is 38.8 Å². The summed E-state index contributed by atoms with van der Waals surface area (Å²) in [5, 5.41) is 14.2. The van der Waals surface area contributed by atoms with Crippen molar-refractivity contribution in [1.82, 2.24) is 19.5 Å². The maximum atomic E-state index is 13.0. The van der Waals surface area contributed by atoms with Gasteiger partial charge in [-0.2, -0.15) is 30.0 Å². The SMILES string of the molecule is C=Nn1c(C)cc(-c2c(C)cc(C(F)(F)F)cc2O)n/c1=N/CN1CCN(C=O)CC1.CSC.FC1(F)CC1. The average Bonchev–Trinajstić information content (AvgIpc) is 3.56. The molecule has 1 amide bonds. The van der Waals surface area contributed by atoms with Crippen molar-refractivity contribution in [3.8, 4) is 17.0 Å². The molecule has 39 heavy (non-hydrogen) atoms. The van der Waals surface area contributed by atoms with Crippen LogP contribution in [0.4, 0.5) is 22.0 Å². The summed E-state index contributed by atoms with van der Waals surface area (Å²) in [5.74, 6) is -2.76. The van der Waals surface area contributed by atoms with Crippen molar-refractivity contribution in [1.29, 1.82) is 0 Å². The third-order valence-electron chi connectivity index (χ3n) is 5.73. The van der Waals surface area contributed by atoms with E-state index in [1.54, 1.807) is 29.7 Å². The number of benzene rings is 1. The number of hydrogen-bond acceptors (Lipinski definition) is 7. The molecule has 1 aromatic heterocycles. The zero-order chi connectivity index (χ0) is 29.4. The third-order valence-corrected chi connectivity index (χ3v) is 5.73. The van der Waals surface area contributed by atoms with Crippen LogP contribution >= 0.6 is 11.8 Å². The van der Waals surface area contributed by atoms with Gasteiger partial charge in [-0.05, 0) is 50.1 Å². The van der Waals surface area contributed by atoms with Gasteiger partial charge in [0, 0.05) is 57.0 Å². The standard InChI is InChI=1S/C20H23F3N6O2.C3H4F2.C2H6S/c1-13-8-15(20(21,22)23)10-17(31)18(13)16-9-14(2)29(24-3)19(26-16)25-11-27-4-6-28(12-30)7-5-27;4-3(5)1-2-3;1-3-2/h8-10,12,31H,3-7,11H2,1-2H3;1-2H2;1-2H3/b25-19-;;. The van der Waals surface area contributed by atoms with Gasteiger partial charge in [0.05, 0.1) is 17.9 Å². The van der Waals surface area contributed by atoms with E-state index in [0.717, 1.165) is 12.5 Å². The van der Waals surface area contributed by atoms with Crippen molar-refractivity contribution in [3.05, 3.63) is 40.6 Å². The lowest BCUT2D eigenvalue weighted by Gasteiger charge is -2.31. The number of phenols is 1. The van der Waals surface area contributed by atoms with Crippen molar-refractivity contribution < 1.29 is 31.9 Å². The van der Waals surface area contributed by atoms with Gasteiger partial charge in [-0.25, -0.2) is 23.4 Å². The number of halogens is 5. The van der Waals surface area contributed by atoms with E-state index in [-0.39, 0.29) is 35.3 Å².